The first-order valence-electron chi connectivity index (χ1n) is 11.2. The zero-order chi connectivity index (χ0) is 26.6. The summed E-state index contributed by atoms with van der Waals surface area (Å²) in [5.74, 6) is -2.28. The number of ketones is 2. The van der Waals surface area contributed by atoms with Gasteiger partial charge >= 0.3 is 5.97 Å². The van der Waals surface area contributed by atoms with Gasteiger partial charge in [0.15, 0.2) is 17.7 Å². The highest BCUT2D eigenvalue weighted by atomic mass is 32.2. The first-order chi connectivity index (χ1) is 17.6. The van der Waals surface area contributed by atoms with Gasteiger partial charge in [0.1, 0.15) is 6.54 Å². The number of rotatable bonds is 8. The molecule has 1 atom stereocenters. The third kappa shape index (κ3) is 6.05. The SMILES string of the molecule is CC(OC(=O)CNS(=O)(=O)C=Cc1ccccc1)C(=O)Nc1ccc2c(c1)C(=O)c1ccccc1C2=O. The Morgan fingerprint density at radius 1 is 0.865 bits per heavy atom. The Bertz CT molecular complexity index is 1530. The minimum absolute atomic E-state index is 0.157. The van der Waals surface area contributed by atoms with Gasteiger partial charge in [0.2, 0.25) is 10.0 Å². The molecule has 0 saturated heterocycles. The van der Waals surface area contributed by atoms with Crippen molar-refractivity contribution in [3.05, 3.63) is 106 Å². The standard InChI is InChI=1S/C27H22N2O7S/c1-17(36-24(30)16-28-37(34,35)14-13-18-7-3-2-4-8-18)27(33)29-19-11-12-22-23(15-19)26(32)21-10-6-5-9-20(21)25(22)31/h2-15,17,28H,16H2,1H3,(H,29,33). The van der Waals surface area contributed by atoms with E-state index >= 15 is 0 Å². The van der Waals surface area contributed by atoms with Crippen LogP contribution in [0.1, 0.15) is 44.3 Å². The molecule has 0 heterocycles. The summed E-state index contributed by atoms with van der Waals surface area (Å²) in [5.41, 5.74) is 1.89. The molecule has 1 aliphatic rings. The molecule has 1 unspecified atom stereocenters. The second kappa shape index (κ2) is 10.7. The third-order valence-corrected chi connectivity index (χ3v) is 6.57. The van der Waals surface area contributed by atoms with Gasteiger partial charge in [-0.05, 0) is 36.8 Å². The van der Waals surface area contributed by atoms with Crippen LogP contribution in [0.3, 0.4) is 0 Å². The van der Waals surface area contributed by atoms with Gasteiger partial charge in [0.05, 0.1) is 0 Å². The molecule has 0 radical (unpaired) electrons. The van der Waals surface area contributed by atoms with E-state index in [-0.39, 0.29) is 33.9 Å². The fourth-order valence-electron chi connectivity index (χ4n) is 3.65. The molecule has 1 amide bonds. The van der Waals surface area contributed by atoms with Crippen molar-refractivity contribution in [1.82, 2.24) is 4.72 Å². The number of nitrogens with one attached hydrogen (secondary N) is 2. The molecule has 3 aromatic carbocycles. The van der Waals surface area contributed by atoms with Crippen molar-refractivity contribution in [2.24, 2.45) is 0 Å². The number of sulfonamides is 1. The molecule has 0 aliphatic heterocycles. The maximum absolute atomic E-state index is 12.9. The Morgan fingerprint density at radius 2 is 1.46 bits per heavy atom. The molecule has 3 aromatic rings. The Morgan fingerprint density at radius 3 is 2.14 bits per heavy atom. The largest absolute Gasteiger partial charge is 0.452 e. The number of hydrogen-bond donors (Lipinski definition) is 2. The lowest BCUT2D eigenvalue weighted by atomic mass is 9.84. The highest BCUT2D eigenvalue weighted by Gasteiger charge is 2.29. The topological polar surface area (TPSA) is 136 Å². The van der Waals surface area contributed by atoms with E-state index in [1.807, 2.05) is 0 Å². The number of fused-ring (bicyclic) bond motifs is 2. The molecular formula is C27H22N2O7S. The van der Waals surface area contributed by atoms with Crippen molar-refractivity contribution < 1.29 is 32.3 Å². The van der Waals surface area contributed by atoms with E-state index in [0.29, 0.717) is 11.1 Å². The summed E-state index contributed by atoms with van der Waals surface area (Å²) in [7, 11) is -3.91. The van der Waals surface area contributed by atoms with E-state index in [9.17, 15) is 27.6 Å². The van der Waals surface area contributed by atoms with Crippen LogP contribution in [-0.4, -0.2) is 44.5 Å². The van der Waals surface area contributed by atoms with Gasteiger partial charge in [-0.1, -0.05) is 54.6 Å². The Hall–Kier alpha value is -4.41. The van der Waals surface area contributed by atoms with Crippen molar-refractivity contribution in [1.29, 1.82) is 0 Å². The van der Waals surface area contributed by atoms with E-state index in [1.165, 1.54) is 31.2 Å². The monoisotopic (exact) mass is 518 g/mol. The summed E-state index contributed by atoms with van der Waals surface area (Å²) < 4.78 is 31.3. The number of ether oxygens (including phenoxy) is 1. The van der Waals surface area contributed by atoms with Crippen molar-refractivity contribution in [3.63, 3.8) is 0 Å². The van der Waals surface area contributed by atoms with Crippen molar-refractivity contribution in [2.45, 2.75) is 13.0 Å². The second-order valence-corrected chi connectivity index (χ2v) is 9.82. The van der Waals surface area contributed by atoms with Gasteiger partial charge in [0.25, 0.3) is 5.91 Å². The van der Waals surface area contributed by atoms with Crippen LogP contribution < -0.4 is 10.0 Å². The fraction of sp³-hybridized carbons (Fsp3) is 0.111. The van der Waals surface area contributed by atoms with Gasteiger partial charge in [-0.25, -0.2) is 13.1 Å². The van der Waals surface area contributed by atoms with Crippen molar-refractivity contribution in [3.8, 4) is 0 Å². The average molecular weight is 519 g/mol. The van der Waals surface area contributed by atoms with Crippen LogP contribution >= 0.6 is 0 Å². The number of benzene rings is 3. The highest BCUT2D eigenvalue weighted by Crippen LogP contribution is 2.29. The first-order valence-corrected chi connectivity index (χ1v) is 12.7. The number of anilines is 1. The second-order valence-electron chi connectivity index (χ2n) is 8.17. The minimum Gasteiger partial charge on any atom is -0.452 e. The normalized spacial score (nSPS) is 13.5. The molecule has 188 valence electrons. The van der Waals surface area contributed by atoms with E-state index < -0.39 is 34.5 Å². The Labute approximate surface area is 213 Å². The molecule has 0 bridgehead atoms. The number of carbonyl (C=O) groups is 4. The van der Waals surface area contributed by atoms with E-state index in [0.717, 1.165) is 5.41 Å². The van der Waals surface area contributed by atoms with Crippen LogP contribution in [-0.2, 0) is 24.3 Å². The lowest BCUT2D eigenvalue weighted by Gasteiger charge is -2.19. The lowest BCUT2D eigenvalue weighted by Crippen LogP contribution is -2.35. The Kier molecular flexibility index (Phi) is 7.42. The predicted molar refractivity (Wildman–Crippen MR) is 136 cm³/mol. The zero-order valence-electron chi connectivity index (χ0n) is 19.6. The van der Waals surface area contributed by atoms with Gasteiger partial charge in [-0.2, -0.15) is 0 Å². The molecule has 0 saturated carbocycles. The molecule has 9 nitrogen and oxygen atoms in total. The van der Waals surface area contributed by atoms with Crippen molar-refractivity contribution >= 4 is 45.2 Å². The number of carbonyl (C=O) groups excluding carboxylic acids is 4. The Balaban J connectivity index is 1.34. The predicted octanol–water partition coefficient (Wildman–Crippen LogP) is 2.92. The van der Waals surface area contributed by atoms with Crippen LogP contribution in [0.15, 0.2) is 78.2 Å². The van der Waals surface area contributed by atoms with Gasteiger partial charge in [-0.15, -0.1) is 0 Å². The molecule has 2 N–H and O–H groups in total. The average Bonchev–Trinajstić information content (AvgIpc) is 2.90. The van der Waals surface area contributed by atoms with Gasteiger partial charge in [-0.3, -0.25) is 19.2 Å². The molecule has 37 heavy (non-hydrogen) atoms. The number of esters is 1. The summed E-state index contributed by atoms with van der Waals surface area (Å²) in [4.78, 5) is 50.2. The molecule has 0 aromatic heterocycles. The maximum atomic E-state index is 12.9. The van der Waals surface area contributed by atoms with Crippen LogP contribution in [0.25, 0.3) is 6.08 Å². The lowest BCUT2D eigenvalue weighted by molar-refractivity contribution is -0.151. The quantitative estimate of drug-likeness (QED) is 0.342. The van der Waals surface area contributed by atoms with Crippen LogP contribution in [0, 0.1) is 0 Å². The highest BCUT2D eigenvalue weighted by molar-refractivity contribution is 7.92. The minimum atomic E-state index is -3.91. The van der Waals surface area contributed by atoms with E-state index in [4.69, 9.17) is 4.74 Å². The smallest absolute Gasteiger partial charge is 0.321 e. The summed E-state index contributed by atoms with van der Waals surface area (Å²) in [6.45, 7) is 0.647. The molecule has 10 heteroatoms. The van der Waals surface area contributed by atoms with Gasteiger partial charge in [0, 0.05) is 33.3 Å². The van der Waals surface area contributed by atoms with Crippen molar-refractivity contribution in [2.75, 3.05) is 11.9 Å². The molecule has 4 rings (SSSR count). The van der Waals surface area contributed by atoms with E-state index in [2.05, 4.69) is 10.0 Å². The molecule has 0 fully saturated rings. The molecular weight excluding hydrogens is 496 g/mol. The summed E-state index contributed by atoms with van der Waals surface area (Å²) in [6.07, 6.45) is 0.116. The first kappa shape index (κ1) is 25.7. The summed E-state index contributed by atoms with van der Waals surface area (Å²) >= 11 is 0. The number of amides is 1. The van der Waals surface area contributed by atoms with Crippen LogP contribution in [0.2, 0.25) is 0 Å². The van der Waals surface area contributed by atoms with E-state index in [1.54, 1.807) is 54.6 Å². The maximum Gasteiger partial charge on any atom is 0.321 e. The molecule has 1 aliphatic carbocycles. The summed E-state index contributed by atoms with van der Waals surface area (Å²) in [6, 6.07) is 19.6. The summed E-state index contributed by atoms with van der Waals surface area (Å²) in [5, 5.41) is 3.46. The zero-order valence-corrected chi connectivity index (χ0v) is 20.4. The fourth-order valence-corrected chi connectivity index (χ4v) is 4.40. The number of hydrogen-bond acceptors (Lipinski definition) is 7. The molecule has 0 spiro atoms. The van der Waals surface area contributed by atoms with Crippen LogP contribution in [0.4, 0.5) is 5.69 Å². The van der Waals surface area contributed by atoms with Crippen LogP contribution in [0.5, 0.6) is 0 Å². The van der Waals surface area contributed by atoms with Gasteiger partial charge < -0.3 is 10.1 Å². The third-order valence-electron chi connectivity index (χ3n) is 5.53.